The summed E-state index contributed by atoms with van der Waals surface area (Å²) in [6.45, 7) is 2.18. The Hall–Kier alpha value is -3.65. The van der Waals surface area contributed by atoms with Crippen LogP contribution in [0.1, 0.15) is 5.82 Å². The van der Waals surface area contributed by atoms with Crippen molar-refractivity contribution < 1.29 is 4.57 Å². The molecule has 0 spiro atoms. The van der Waals surface area contributed by atoms with E-state index in [1.54, 1.807) is 0 Å². The minimum atomic E-state index is 1.20. The average molecular weight is 375 g/mol. The fraction of sp³-hybridized carbons (Fsp3) is 0.0741. The van der Waals surface area contributed by atoms with Crippen LogP contribution in [0.4, 0.5) is 0 Å². The van der Waals surface area contributed by atoms with Gasteiger partial charge in [0.1, 0.15) is 5.69 Å². The molecule has 0 atom stereocenters. The van der Waals surface area contributed by atoms with Crippen molar-refractivity contribution in [3.63, 3.8) is 0 Å². The topological polar surface area (TPSA) is 8.81 Å². The summed E-state index contributed by atoms with van der Waals surface area (Å²) in [5.74, 6) is 1.20. The smallest absolute Gasteiger partial charge is 0.230 e. The zero-order valence-corrected chi connectivity index (χ0v) is 16.7. The predicted molar refractivity (Wildman–Crippen MR) is 120 cm³/mol. The number of rotatable bonds is 3. The number of benzene rings is 4. The number of imidazole rings is 1. The van der Waals surface area contributed by atoms with Crippen molar-refractivity contribution in [2.45, 2.75) is 6.92 Å². The van der Waals surface area contributed by atoms with Gasteiger partial charge in [0.05, 0.1) is 7.05 Å². The highest BCUT2D eigenvalue weighted by atomic mass is 15.2. The quantitative estimate of drug-likeness (QED) is 0.337. The monoisotopic (exact) mass is 375 g/mol. The summed E-state index contributed by atoms with van der Waals surface area (Å²) in [6.07, 6.45) is 0. The van der Waals surface area contributed by atoms with Crippen LogP contribution in [-0.2, 0) is 7.05 Å². The molecule has 29 heavy (non-hydrogen) atoms. The fourth-order valence-corrected chi connectivity index (χ4v) is 4.13. The number of fused-ring (bicyclic) bond motifs is 1. The molecule has 0 bridgehead atoms. The second-order valence-corrected chi connectivity index (χ2v) is 7.39. The van der Waals surface area contributed by atoms with E-state index in [-0.39, 0.29) is 0 Å². The zero-order valence-electron chi connectivity index (χ0n) is 16.7. The van der Waals surface area contributed by atoms with E-state index in [0.29, 0.717) is 0 Å². The summed E-state index contributed by atoms with van der Waals surface area (Å²) in [6, 6.07) is 36.6. The van der Waals surface area contributed by atoms with Crippen LogP contribution < -0.4 is 4.57 Å². The van der Waals surface area contributed by atoms with E-state index >= 15 is 0 Å². The summed E-state index contributed by atoms with van der Waals surface area (Å²) in [5.41, 5.74) is 8.57. The summed E-state index contributed by atoms with van der Waals surface area (Å²) >= 11 is 0. The maximum absolute atomic E-state index is 2.37. The van der Waals surface area contributed by atoms with Crippen LogP contribution in [0.15, 0.2) is 103 Å². The molecule has 0 fully saturated rings. The van der Waals surface area contributed by atoms with Gasteiger partial charge in [-0.2, -0.15) is 4.57 Å². The van der Waals surface area contributed by atoms with E-state index in [4.69, 9.17) is 0 Å². The lowest BCUT2D eigenvalue weighted by Gasteiger charge is -2.11. The minimum Gasteiger partial charge on any atom is -0.230 e. The van der Waals surface area contributed by atoms with Gasteiger partial charge in [-0.05, 0) is 41.0 Å². The van der Waals surface area contributed by atoms with Gasteiger partial charge >= 0.3 is 0 Å². The zero-order chi connectivity index (χ0) is 19.8. The normalized spacial score (nSPS) is 11.1. The second-order valence-electron chi connectivity index (χ2n) is 7.39. The van der Waals surface area contributed by atoms with Gasteiger partial charge in [0.25, 0.3) is 5.82 Å². The lowest BCUT2D eigenvalue weighted by atomic mass is 9.97. The van der Waals surface area contributed by atoms with Crippen molar-refractivity contribution in [3.8, 4) is 27.9 Å². The molecule has 0 saturated heterocycles. The number of hydrogen-bond donors (Lipinski definition) is 0. The highest BCUT2D eigenvalue weighted by Gasteiger charge is 2.23. The highest BCUT2D eigenvalue weighted by molar-refractivity contribution is 5.83. The van der Waals surface area contributed by atoms with Crippen molar-refractivity contribution in [2.75, 3.05) is 0 Å². The van der Waals surface area contributed by atoms with Crippen LogP contribution in [-0.4, -0.2) is 4.57 Å². The molecule has 1 heterocycles. The SMILES string of the molecule is Cc1n(-c2ccc(-c3ccccc3)cc2-c2ccccc2)c2ccccc2[n+]1C. The third-order valence-corrected chi connectivity index (χ3v) is 5.72. The van der Waals surface area contributed by atoms with E-state index in [1.165, 1.54) is 44.8 Å². The van der Waals surface area contributed by atoms with Gasteiger partial charge in [-0.3, -0.25) is 0 Å². The Morgan fingerprint density at radius 3 is 1.97 bits per heavy atom. The highest BCUT2D eigenvalue weighted by Crippen LogP contribution is 2.34. The van der Waals surface area contributed by atoms with Gasteiger partial charge in [0.2, 0.25) is 0 Å². The van der Waals surface area contributed by atoms with Crippen molar-refractivity contribution in [1.29, 1.82) is 0 Å². The van der Waals surface area contributed by atoms with E-state index in [2.05, 4.69) is 126 Å². The molecule has 5 rings (SSSR count). The Balaban J connectivity index is 1.81. The van der Waals surface area contributed by atoms with Crippen LogP contribution >= 0.6 is 0 Å². The Morgan fingerprint density at radius 1 is 0.621 bits per heavy atom. The third-order valence-electron chi connectivity index (χ3n) is 5.72. The molecule has 1 aromatic heterocycles. The molecule has 5 aromatic rings. The first-order valence-electron chi connectivity index (χ1n) is 9.95. The maximum atomic E-state index is 2.37. The van der Waals surface area contributed by atoms with Crippen LogP contribution in [0.2, 0.25) is 0 Å². The van der Waals surface area contributed by atoms with Crippen molar-refractivity contribution in [1.82, 2.24) is 4.57 Å². The third kappa shape index (κ3) is 2.94. The number of hydrogen-bond acceptors (Lipinski definition) is 0. The molecule has 0 N–H and O–H groups in total. The van der Waals surface area contributed by atoms with E-state index in [1.807, 2.05) is 0 Å². The number of aryl methyl sites for hydroxylation is 1. The number of para-hydroxylation sites is 2. The largest absolute Gasteiger partial charge is 0.259 e. The molecule has 0 radical (unpaired) electrons. The molecule has 140 valence electrons. The van der Waals surface area contributed by atoms with E-state index in [9.17, 15) is 0 Å². The lowest BCUT2D eigenvalue weighted by molar-refractivity contribution is -0.652. The Bertz CT molecular complexity index is 1300. The molecule has 0 aliphatic carbocycles. The van der Waals surface area contributed by atoms with Crippen LogP contribution in [0.5, 0.6) is 0 Å². The summed E-state index contributed by atoms with van der Waals surface area (Å²) < 4.78 is 4.63. The minimum absolute atomic E-state index is 1.20. The Morgan fingerprint density at radius 2 is 1.24 bits per heavy atom. The summed E-state index contributed by atoms with van der Waals surface area (Å²) in [4.78, 5) is 0. The first kappa shape index (κ1) is 17.4. The number of aromatic nitrogens is 2. The standard InChI is InChI=1S/C27H23N2/c1-20-28(2)26-15-9-10-16-27(26)29(20)25-18-17-23(21-11-5-3-6-12-21)19-24(25)22-13-7-4-8-14-22/h3-19H,1-2H3/q+1. The molecule has 0 amide bonds. The van der Waals surface area contributed by atoms with Gasteiger partial charge in [-0.15, -0.1) is 0 Å². The van der Waals surface area contributed by atoms with Crippen LogP contribution in [0, 0.1) is 6.92 Å². The van der Waals surface area contributed by atoms with Crippen molar-refractivity contribution >= 4 is 11.0 Å². The molecule has 4 aromatic carbocycles. The van der Waals surface area contributed by atoms with Crippen molar-refractivity contribution in [3.05, 3.63) is 109 Å². The number of nitrogens with zero attached hydrogens (tertiary/aromatic N) is 2. The lowest BCUT2D eigenvalue weighted by Crippen LogP contribution is -2.30. The Kier molecular flexibility index (Phi) is 4.25. The van der Waals surface area contributed by atoms with Gasteiger partial charge in [-0.1, -0.05) is 78.9 Å². The Labute approximate surface area is 171 Å². The second kappa shape index (κ2) is 7.06. The van der Waals surface area contributed by atoms with Crippen LogP contribution in [0.25, 0.3) is 39.0 Å². The average Bonchev–Trinajstić information content (AvgIpc) is 3.05. The summed E-state index contributed by atoms with van der Waals surface area (Å²) in [5, 5.41) is 0. The fourth-order valence-electron chi connectivity index (χ4n) is 4.13. The van der Waals surface area contributed by atoms with E-state index in [0.717, 1.165) is 0 Å². The molecular weight excluding hydrogens is 352 g/mol. The van der Waals surface area contributed by atoms with Gasteiger partial charge < -0.3 is 0 Å². The first-order valence-corrected chi connectivity index (χ1v) is 9.95. The van der Waals surface area contributed by atoms with Crippen molar-refractivity contribution in [2.24, 2.45) is 7.05 Å². The summed E-state index contributed by atoms with van der Waals surface area (Å²) in [7, 11) is 2.13. The molecule has 2 heteroatoms. The van der Waals surface area contributed by atoms with Gasteiger partial charge in [0, 0.05) is 12.5 Å². The molecular formula is C27H23N2+. The maximum Gasteiger partial charge on any atom is 0.259 e. The van der Waals surface area contributed by atoms with Gasteiger partial charge in [0.15, 0.2) is 11.0 Å². The molecule has 2 nitrogen and oxygen atoms in total. The first-order chi connectivity index (χ1) is 14.2. The predicted octanol–water partition coefficient (Wildman–Crippen LogP) is 6.10. The van der Waals surface area contributed by atoms with E-state index < -0.39 is 0 Å². The van der Waals surface area contributed by atoms with Gasteiger partial charge in [-0.25, -0.2) is 4.57 Å². The molecule has 0 saturated carbocycles. The van der Waals surface area contributed by atoms with Crippen LogP contribution in [0.3, 0.4) is 0 Å². The molecule has 0 unspecified atom stereocenters. The molecule has 0 aliphatic rings. The molecule has 0 aliphatic heterocycles.